The van der Waals surface area contributed by atoms with Crippen molar-refractivity contribution in [3.8, 4) is 0 Å². The van der Waals surface area contributed by atoms with Gasteiger partial charge in [0.2, 0.25) is 5.91 Å². The summed E-state index contributed by atoms with van der Waals surface area (Å²) in [6.45, 7) is 3.52. The zero-order chi connectivity index (χ0) is 18.1. The summed E-state index contributed by atoms with van der Waals surface area (Å²) in [6.07, 6.45) is 4.39. The Bertz CT molecular complexity index is 762. The molecule has 0 aliphatic heterocycles. The first-order valence-electron chi connectivity index (χ1n) is 8.06. The van der Waals surface area contributed by atoms with Gasteiger partial charge in [0.15, 0.2) is 0 Å². The summed E-state index contributed by atoms with van der Waals surface area (Å²) in [4.78, 5) is 24.4. The molecule has 0 fully saturated rings. The highest BCUT2D eigenvalue weighted by Crippen LogP contribution is 2.08. The second-order valence-corrected chi connectivity index (χ2v) is 5.66. The van der Waals surface area contributed by atoms with Crippen molar-refractivity contribution in [3.63, 3.8) is 0 Å². The van der Waals surface area contributed by atoms with E-state index in [1.165, 1.54) is 6.08 Å². The van der Waals surface area contributed by atoms with Crippen LogP contribution in [0.25, 0.3) is 12.2 Å². The minimum Gasteiger partial charge on any atom is -0.458 e. The average molecular weight is 335 g/mol. The first kappa shape index (κ1) is 18.2. The van der Waals surface area contributed by atoms with E-state index in [1.54, 1.807) is 26.0 Å². The molecule has 1 N–H and O–H groups in total. The molecule has 4 heteroatoms. The van der Waals surface area contributed by atoms with Crippen LogP contribution in [-0.2, 0) is 14.3 Å². The molecule has 2 aromatic rings. The minimum atomic E-state index is -0.569. The third-order valence-corrected chi connectivity index (χ3v) is 3.16. The molecule has 128 valence electrons. The first-order valence-corrected chi connectivity index (χ1v) is 8.06. The Morgan fingerprint density at radius 1 is 0.920 bits per heavy atom. The molecule has 0 unspecified atom stereocenters. The lowest BCUT2D eigenvalue weighted by Gasteiger charge is -2.11. The summed E-state index contributed by atoms with van der Waals surface area (Å²) < 4.78 is 5.20. The van der Waals surface area contributed by atoms with Gasteiger partial charge in [-0.05, 0) is 37.1 Å². The topological polar surface area (TPSA) is 55.4 Å². The highest BCUT2D eigenvalue weighted by molar-refractivity contribution is 6.02. The van der Waals surface area contributed by atoms with Crippen LogP contribution in [0.15, 0.2) is 72.4 Å². The Kier molecular flexibility index (Phi) is 6.72. The highest BCUT2D eigenvalue weighted by atomic mass is 16.5. The van der Waals surface area contributed by atoms with Crippen LogP contribution in [0.5, 0.6) is 0 Å². The molecule has 0 aromatic heterocycles. The SMILES string of the molecule is CC(C)OC(=O)/C(=C\c1ccccc1)NC(=O)/C=C/c1ccccc1. The lowest BCUT2D eigenvalue weighted by atomic mass is 10.2. The third kappa shape index (κ3) is 6.47. The predicted molar refractivity (Wildman–Crippen MR) is 99.3 cm³/mol. The lowest BCUT2D eigenvalue weighted by Crippen LogP contribution is -2.28. The van der Waals surface area contributed by atoms with Crippen LogP contribution < -0.4 is 5.32 Å². The van der Waals surface area contributed by atoms with Gasteiger partial charge < -0.3 is 10.1 Å². The number of hydrogen-bond donors (Lipinski definition) is 1. The Morgan fingerprint density at radius 2 is 1.48 bits per heavy atom. The Labute approximate surface area is 147 Å². The van der Waals surface area contributed by atoms with Crippen molar-refractivity contribution in [2.45, 2.75) is 20.0 Å². The van der Waals surface area contributed by atoms with Crippen LogP contribution in [-0.4, -0.2) is 18.0 Å². The van der Waals surface area contributed by atoms with Crippen LogP contribution in [0.4, 0.5) is 0 Å². The number of carbonyl (C=O) groups excluding carboxylic acids is 2. The smallest absolute Gasteiger partial charge is 0.355 e. The summed E-state index contributed by atoms with van der Waals surface area (Å²) in [5, 5.41) is 2.60. The molecule has 25 heavy (non-hydrogen) atoms. The number of hydrogen-bond acceptors (Lipinski definition) is 3. The molecule has 0 aliphatic rings. The predicted octanol–water partition coefficient (Wildman–Crippen LogP) is 3.81. The molecule has 0 radical (unpaired) electrons. The van der Waals surface area contributed by atoms with Gasteiger partial charge in [0, 0.05) is 6.08 Å². The summed E-state index contributed by atoms with van der Waals surface area (Å²) in [5.74, 6) is -0.966. The second kappa shape index (κ2) is 9.23. The third-order valence-electron chi connectivity index (χ3n) is 3.16. The molecule has 0 saturated carbocycles. The number of esters is 1. The molecule has 0 bridgehead atoms. The number of carbonyl (C=O) groups is 2. The standard InChI is InChI=1S/C21H21NO3/c1-16(2)25-21(24)19(15-18-11-7-4-8-12-18)22-20(23)14-13-17-9-5-3-6-10-17/h3-16H,1-2H3,(H,22,23)/b14-13+,19-15+. The fourth-order valence-corrected chi connectivity index (χ4v) is 2.05. The molecule has 0 spiro atoms. The van der Waals surface area contributed by atoms with Crippen LogP contribution >= 0.6 is 0 Å². The van der Waals surface area contributed by atoms with Gasteiger partial charge in [0.05, 0.1) is 6.10 Å². The van der Waals surface area contributed by atoms with E-state index in [2.05, 4.69) is 5.32 Å². The summed E-state index contributed by atoms with van der Waals surface area (Å²) in [7, 11) is 0. The quantitative estimate of drug-likeness (QED) is 0.645. The largest absolute Gasteiger partial charge is 0.458 e. The van der Waals surface area contributed by atoms with Gasteiger partial charge in [-0.2, -0.15) is 0 Å². The van der Waals surface area contributed by atoms with E-state index in [0.717, 1.165) is 11.1 Å². The van der Waals surface area contributed by atoms with E-state index >= 15 is 0 Å². The molecular formula is C21H21NO3. The van der Waals surface area contributed by atoms with Gasteiger partial charge in [0.1, 0.15) is 5.70 Å². The zero-order valence-corrected chi connectivity index (χ0v) is 14.3. The molecule has 0 atom stereocenters. The maximum Gasteiger partial charge on any atom is 0.355 e. The van der Waals surface area contributed by atoms with Crippen molar-refractivity contribution in [3.05, 3.63) is 83.6 Å². The van der Waals surface area contributed by atoms with Crippen molar-refractivity contribution in [2.75, 3.05) is 0 Å². The van der Waals surface area contributed by atoms with E-state index in [9.17, 15) is 9.59 Å². The van der Waals surface area contributed by atoms with Crippen molar-refractivity contribution < 1.29 is 14.3 Å². The molecule has 0 heterocycles. The van der Waals surface area contributed by atoms with Crippen molar-refractivity contribution >= 4 is 24.0 Å². The van der Waals surface area contributed by atoms with Gasteiger partial charge in [0.25, 0.3) is 0 Å². The van der Waals surface area contributed by atoms with E-state index in [0.29, 0.717) is 0 Å². The fourth-order valence-electron chi connectivity index (χ4n) is 2.05. The summed E-state index contributed by atoms with van der Waals surface area (Å²) in [5.41, 5.74) is 1.80. The van der Waals surface area contributed by atoms with E-state index in [1.807, 2.05) is 60.7 Å². The normalized spacial score (nSPS) is 11.6. The van der Waals surface area contributed by atoms with Gasteiger partial charge in [-0.1, -0.05) is 60.7 Å². The van der Waals surface area contributed by atoms with Crippen molar-refractivity contribution in [2.24, 2.45) is 0 Å². The van der Waals surface area contributed by atoms with Gasteiger partial charge in [-0.15, -0.1) is 0 Å². The number of ether oxygens (including phenoxy) is 1. The molecule has 0 aliphatic carbocycles. The van der Waals surface area contributed by atoms with Crippen LogP contribution in [0.2, 0.25) is 0 Å². The molecule has 1 amide bonds. The van der Waals surface area contributed by atoms with E-state index < -0.39 is 11.9 Å². The fraction of sp³-hybridized carbons (Fsp3) is 0.143. The number of amides is 1. The van der Waals surface area contributed by atoms with Gasteiger partial charge >= 0.3 is 5.97 Å². The van der Waals surface area contributed by atoms with E-state index in [4.69, 9.17) is 4.74 Å². The molecule has 0 saturated heterocycles. The summed E-state index contributed by atoms with van der Waals surface area (Å²) >= 11 is 0. The number of nitrogens with one attached hydrogen (secondary N) is 1. The second-order valence-electron chi connectivity index (χ2n) is 5.66. The highest BCUT2D eigenvalue weighted by Gasteiger charge is 2.15. The van der Waals surface area contributed by atoms with Crippen LogP contribution in [0.3, 0.4) is 0 Å². The monoisotopic (exact) mass is 335 g/mol. The van der Waals surface area contributed by atoms with Crippen molar-refractivity contribution in [1.29, 1.82) is 0 Å². The molecule has 2 rings (SSSR count). The van der Waals surface area contributed by atoms with Crippen LogP contribution in [0.1, 0.15) is 25.0 Å². The van der Waals surface area contributed by atoms with Crippen LogP contribution in [0, 0.1) is 0 Å². The maximum absolute atomic E-state index is 12.2. The zero-order valence-electron chi connectivity index (χ0n) is 14.3. The van der Waals surface area contributed by atoms with Gasteiger partial charge in [-0.25, -0.2) is 4.79 Å². The van der Waals surface area contributed by atoms with Crippen molar-refractivity contribution in [1.82, 2.24) is 5.32 Å². The average Bonchev–Trinajstić information content (AvgIpc) is 2.60. The summed E-state index contributed by atoms with van der Waals surface area (Å²) in [6, 6.07) is 18.7. The maximum atomic E-state index is 12.2. The molecule has 2 aromatic carbocycles. The lowest BCUT2D eigenvalue weighted by molar-refractivity contribution is -0.143. The Hall–Kier alpha value is -3.14. The first-order chi connectivity index (χ1) is 12.0. The number of rotatable bonds is 6. The van der Waals surface area contributed by atoms with Gasteiger partial charge in [-0.3, -0.25) is 4.79 Å². The Balaban J connectivity index is 2.15. The molecular weight excluding hydrogens is 314 g/mol. The minimum absolute atomic E-state index is 0.0996. The number of benzene rings is 2. The van der Waals surface area contributed by atoms with E-state index in [-0.39, 0.29) is 11.8 Å². The molecule has 4 nitrogen and oxygen atoms in total. The Morgan fingerprint density at radius 3 is 2.04 bits per heavy atom.